The second-order valence-electron chi connectivity index (χ2n) is 36.3. The fraction of sp³-hybridized carbons (Fsp3) is 0.288. The summed E-state index contributed by atoms with van der Waals surface area (Å²) in [6.07, 6.45) is 2.59. The van der Waals surface area contributed by atoms with Crippen LogP contribution in [-0.2, 0) is 0 Å². The number of halogens is 14. The molecule has 14 rings (SSSR count). The van der Waals surface area contributed by atoms with E-state index in [4.69, 9.17) is 121 Å². The molecule has 0 heterocycles. The molecule has 736 valence electrons. The SMILES string of the molecule is CC(C)(CN)C(c1cccc(F)c1)c1cccc(F)c1.CC(CN)C(c1cccc(Cl)c1)c1cccc(Cl)c1.CC(N)CC(c1cccc(Cl)c1)c1cccc(Cl)c1.CCNC(C)C(C)C(c1cccc(F)c1)c1cccc(F)c1.CCNC[C@@H](C)C(c1cccc(F)c1)c1cccc(F)c1.C[C@@H](N)CC(c1cccc(Cl)c1)c1cccc(Cl)c1.C[C@H](N)CC(c1cccc(Cl)c1)c1cccc(Cl)c1. The Morgan fingerprint density at radius 2 is 0.482 bits per heavy atom. The van der Waals surface area contributed by atoms with Crippen molar-refractivity contribution in [2.45, 2.75) is 161 Å². The second-order valence-corrected chi connectivity index (χ2v) is 39.8. The topological polar surface area (TPSA) is 154 Å². The zero-order valence-corrected chi connectivity index (χ0v) is 86.8. The summed E-state index contributed by atoms with van der Waals surface area (Å²) in [5.41, 5.74) is 43.9. The fourth-order valence-corrected chi connectivity index (χ4v) is 19.1. The molecule has 7 atom stereocenters. The molecule has 139 heavy (non-hydrogen) atoms. The molecule has 14 aromatic carbocycles. The Balaban J connectivity index is 0.000000199. The molecule has 0 aliphatic heterocycles. The Morgan fingerprint density at radius 1 is 0.273 bits per heavy atom. The van der Waals surface area contributed by atoms with Crippen LogP contribution in [0.5, 0.6) is 0 Å². The molecule has 14 aromatic rings. The van der Waals surface area contributed by atoms with Crippen LogP contribution in [0.25, 0.3) is 0 Å². The van der Waals surface area contributed by atoms with Gasteiger partial charge in [0.15, 0.2) is 0 Å². The van der Waals surface area contributed by atoms with Gasteiger partial charge in [-0.1, -0.05) is 311 Å². The predicted molar refractivity (Wildman–Crippen MR) is 579 cm³/mol. The third-order valence-electron chi connectivity index (χ3n) is 24.3. The lowest BCUT2D eigenvalue weighted by Crippen LogP contribution is -2.35. The summed E-state index contributed by atoms with van der Waals surface area (Å²) in [7, 11) is 0. The van der Waals surface area contributed by atoms with Gasteiger partial charge >= 0.3 is 0 Å². The van der Waals surface area contributed by atoms with Crippen LogP contribution in [-0.4, -0.2) is 56.9 Å². The smallest absolute Gasteiger partial charge is 0.123 e. The maximum atomic E-state index is 13.6. The second kappa shape index (κ2) is 58.9. The summed E-state index contributed by atoms with van der Waals surface area (Å²) in [6.45, 7) is 26.2. The van der Waals surface area contributed by atoms with Crippen molar-refractivity contribution in [2.24, 2.45) is 51.8 Å². The molecule has 0 saturated heterocycles. The quantitative estimate of drug-likeness (QED) is 0.0207. The maximum absolute atomic E-state index is 13.6. The van der Waals surface area contributed by atoms with Gasteiger partial charge in [0.25, 0.3) is 0 Å². The van der Waals surface area contributed by atoms with Gasteiger partial charge in [-0.25, -0.2) is 26.3 Å². The molecule has 12 N–H and O–H groups in total. The number of hydrogen-bond donors (Lipinski definition) is 7. The first-order valence-corrected chi connectivity index (χ1v) is 50.1. The van der Waals surface area contributed by atoms with Gasteiger partial charge < -0.3 is 39.3 Å². The highest BCUT2D eigenvalue weighted by Crippen LogP contribution is 2.43. The Bertz CT molecular complexity index is 5490. The fourth-order valence-electron chi connectivity index (χ4n) is 17.6. The number of nitrogens with two attached hydrogens (primary N) is 5. The van der Waals surface area contributed by atoms with Gasteiger partial charge in [-0.2, -0.15) is 0 Å². The van der Waals surface area contributed by atoms with Gasteiger partial charge in [0.05, 0.1) is 0 Å². The molecule has 0 bridgehead atoms. The van der Waals surface area contributed by atoms with E-state index < -0.39 is 0 Å². The highest BCUT2D eigenvalue weighted by molar-refractivity contribution is 6.32. The predicted octanol–water partition coefficient (Wildman–Crippen LogP) is 32.5. The van der Waals surface area contributed by atoms with Gasteiger partial charge in [0.2, 0.25) is 0 Å². The third kappa shape index (κ3) is 38.2. The van der Waals surface area contributed by atoms with E-state index in [0.29, 0.717) is 19.0 Å². The van der Waals surface area contributed by atoms with E-state index in [1.807, 2.05) is 224 Å². The Hall–Kier alpha value is -9.30. The van der Waals surface area contributed by atoms with Gasteiger partial charge in [-0.15, -0.1) is 0 Å². The lowest BCUT2D eigenvalue weighted by Gasteiger charge is -2.34. The minimum atomic E-state index is -0.304. The standard InChI is InChI=1S/C19H23F2N.C18H21F2N.C17H19F2N.4C16H17Cl2N/c1-4-22-14(3)13(2)19(15-7-5-9-17(20)11-15)16-8-6-10-18(21)12-16;1-3-21-12-13(2)18(14-6-4-8-16(19)10-14)15-7-5-9-17(20)11-15;1-17(2,11-20)16(12-5-3-7-14(18)9-12)13-6-4-8-15(19)10-13;1-11(10-19)16(12-4-2-6-14(17)8-12)13-5-3-7-15(18)9-13;3*1-11(19)8-16(12-4-2-6-14(17)9-12)13-5-3-7-15(18)10-13/h5-14,19,22H,4H2,1-3H3;4-11,13,18,21H,3,12H2,1-2H3;3-10,16H,11,20H2,1-2H3;2-9,11,16H,10,19H2,1H3;3*2-7,9-11,16H,8,19H2,1H3/t;13-;;;2*11-;/m.1..10./s1. The van der Waals surface area contributed by atoms with Crippen LogP contribution in [0.1, 0.15) is 215 Å². The summed E-state index contributed by atoms with van der Waals surface area (Å²) in [4.78, 5) is 0. The van der Waals surface area contributed by atoms with Gasteiger partial charge in [-0.3, -0.25) is 0 Å². The van der Waals surface area contributed by atoms with E-state index in [1.54, 1.807) is 48.5 Å². The average Bonchev–Trinajstić information content (AvgIpc) is 0.793. The summed E-state index contributed by atoms with van der Waals surface area (Å²) in [5.74, 6) is -0.259. The normalized spacial score (nSPS) is 12.8. The van der Waals surface area contributed by atoms with Gasteiger partial charge in [-0.05, 0) is 351 Å². The van der Waals surface area contributed by atoms with Crippen molar-refractivity contribution in [2.75, 3.05) is 32.7 Å². The zero-order chi connectivity index (χ0) is 101. The Morgan fingerprint density at radius 3 is 0.698 bits per heavy atom. The van der Waals surface area contributed by atoms with Crippen LogP contribution in [0, 0.1) is 58.1 Å². The van der Waals surface area contributed by atoms with E-state index in [1.165, 1.54) is 105 Å². The van der Waals surface area contributed by atoms with Gasteiger partial charge in [0, 0.05) is 106 Å². The molecule has 7 nitrogen and oxygen atoms in total. The molecule has 0 aromatic heterocycles. The van der Waals surface area contributed by atoms with Crippen molar-refractivity contribution < 1.29 is 26.3 Å². The molecule has 21 heteroatoms. The van der Waals surface area contributed by atoms with E-state index >= 15 is 0 Å². The van der Waals surface area contributed by atoms with Crippen molar-refractivity contribution in [3.63, 3.8) is 0 Å². The first-order valence-electron chi connectivity index (χ1n) is 47.0. The van der Waals surface area contributed by atoms with Gasteiger partial charge in [0.1, 0.15) is 34.9 Å². The molecule has 0 aliphatic carbocycles. The van der Waals surface area contributed by atoms with Crippen LogP contribution in [0.15, 0.2) is 340 Å². The number of benzene rings is 14. The minimum absolute atomic E-state index is 0.0320. The minimum Gasteiger partial charge on any atom is -0.330 e. The molecule has 0 radical (unpaired) electrons. The van der Waals surface area contributed by atoms with Crippen molar-refractivity contribution in [1.29, 1.82) is 0 Å². The highest BCUT2D eigenvalue weighted by atomic mass is 35.5. The molecule has 0 spiro atoms. The van der Waals surface area contributed by atoms with Crippen LogP contribution >= 0.6 is 92.8 Å². The monoisotopic (exact) mass is 2040 g/mol. The van der Waals surface area contributed by atoms with Crippen LogP contribution < -0.4 is 39.3 Å². The molecular formula is C118H131Cl8F6N7. The lowest BCUT2D eigenvalue weighted by atomic mass is 9.71. The highest BCUT2D eigenvalue weighted by Gasteiger charge is 2.33. The van der Waals surface area contributed by atoms with E-state index in [2.05, 4.69) is 93.8 Å². The zero-order valence-electron chi connectivity index (χ0n) is 80.7. The van der Waals surface area contributed by atoms with Crippen molar-refractivity contribution in [3.8, 4) is 0 Å². The molecule has 4 unspecified atom stereocenters. The van der Waals surface area contributed by atoms with Crippen LogP contribution in [0.3, 0.4) is 0 Å². The van der Waals surface area contributed by atoms with Crippen LogP contribution in [0.2, 0.25) is 40.2 Å². The third-order valence-corrected chi connectivity index (χ3v) is 26.2. The van der Waals surface area contributed by atoms with Crippen molar-refractivity contribution in [1.82, 2.24) is 10.6 Å². The van der Waals surface area contributed by atoms with E-state index in [9.17, 15) is 26.3 Å². The Kier molecular flexibility index (Phi) is 48.7. The average molecular weight is 2050 g/mol. The van der Waals surface area contributed by atoms with Crippen molar-refractivity contribution in [3.05, 3.63) is 493 Å². The van der Waals surface area contributed by atoms with E-state index in [0.717, 1.165) is 112 Å². The summed E-state index contributed by atoms with van der Waals surface area (Å²) in [6, 6.07) is 103. The first kappa shape index (κ1) is 115. The number of hydrogen-bond acceptors (Lipinski definition) is 7. The first-order chi connectivity index (χ1) is 66.4. The summed E-state index contributed by atoms with van der Waals surface area (Å²) < 4.78 is 81.4. The van der Waals surface area contributed by atoms with Crippen molar-refractivity contribution >= 4 is 92.8 Å². The lowest BCUT2D eigenvalue weighted by molar-refractivity contribution is 0.328. The summed E-state index contributed by atoms with van der Waals surface area (Å²) in [5, 5.41) is 12.7. The molecule has 0 saturated carbocycles. The largest absolute Gasteiger partial charge is 0.330 e. The molecular weight excluding hydrogens is 1910 g/mol. The van der Waals surface area contributed by atoms with Crippen LogP contribution in [0.4, 0.5) is 26.3 Å². The molecule has 0 amide bonds. The maximum Gasteiger partial charge on any atom is 0.123 e. The summed E-state index contributed by atoms with van der Waals surface area (Å²) >= 11 is 48.7. The number of nitrogens with one attached hydrogen (secondary N) is 2. The number of rotatable bonds is 32. The van der Waals surface area contributed by atoms with E-state index in [-0.39, 0.29) is 118 Å². The molecule has 0 fully saturated rings. The Labute approximate surface area is 861 Å². The molecule has 0 aliphatic rings.